The van der Waals surface area contributed by atoms with Gasteiger partial charge in [0.15, 0.2) is 6.61 Å². The van der Waals surface area contributed by atoms with Crippen molar-refractivity contribution in [2.75, 3.05) is 13.2 Å². The minimum Gasteiger partial charge on any atom is -0.484 e. The Bertz CT molecular complexity index is 533. The highest BCUT2D eigenvalue weighted by atomic mass is 35.5. The number of aromatic carboxylic acids is 1. The predicted molar refractivity (Wildman–Crippen MR) is 71.1 cm³/mol. The molecule has 0 radical (unpaired) electrons. The Labute approximate surface area is 119 Å². The molecular formula is C12H13ClN2O5. The third-order valence-electron chi connectivity index (χ3n) is 2.13. The first-order valence-corrected chi connectivity index (χ1v) is 6.05. The smallest absolute Gasteiger partial charge is 0.337 e. The summed E-state index contributed by atoms with van der Waals surface area (Å²) in [5.41, 5.74) is -0.131. The van der Waals surface area contributed by atoms with E-state index in [-0.39, 0.29) is 16.3 Å². The molecule has 0 aromatic heterocycles. The van der Waals surface area contributed by atoms with Gasteiger partial charge in [-0.2, -0.15) is 0 Å². The largest absolute Gasteiger partial charge is 0.484 e. The summed E-state index contributed by atoms with van der Waals surface area (Å²) in [4.78, 5) is 33.3. The Hall–Kier alpha value is -2.28. The fourth-order valence-electron chi connectivity index (χ4n) is 1.27. The molecule has 0 saturated carbocycles. The van der Waals surface area contributed by atoms with Crippen molar-refractivity contribution in [2.24, 2.45) is 0 Å². The highest BCUT2D eigenvalue weighted by molar-refractivity contribution is 6.33. The molecule has 0 aliphatic rings. The molecule has 0 saturated heterocycles. The summed E-state index contributed by atoms with van der Waals surface area (Å²) in [6, 6.07) is 3.35. The lowest BCUT2D eigenvalue weighted by Gasteiger charge is -2.08. The number of carboxylic acids is 1. The van der Waals surface area contributed by atoms with Crippen molar-refractivity contribution in [1.82, 2.24) is 10.6 Å². The molecule has 3 amide bonds. The number of nitrogens with one attached hydrogen (secondary N) is 2. The average Bonchev–Trinajstić information content (AvgIpc) is 2.37. The molecule has 0 atom stereocenters. The van der Waals surface area contributed by atoms with Crippen molar-refractivity contribution < 1.29 is 24.2 Å². The second kappa shape index (κ2) is 7.34. The molecule has 20 heavy (non-hydrogen) atoms. The topological polar surface area (TPSA) is 105 Å². The van der Waals surface area contributed by atoms with E-state index in [2.05, 4.69) is 5.32 Å². The number of urea groups is 1. The monoisotopic (exact) mass is 300 g/mol. The summed E-state index contributed by atoms with van der Waals surface area (Å²) in [5, 5.41) is 13.4. The van der Waals surface area contributed by atoms with Crippen molar-refractivity contribution in [3.05, 3.63) is 28.8 Å². The van der Waals surface area contributed by atoms with E-state index in [0.29, 0.717) is 6.54 Å². The van der Waals surface area contributed by atoms with Crippen molar-refractivity contribution in [3.63, 3.8) is 0 Å². The van der Waals surface area contributed by atoms with E-state index in [1.165, 1.54) is 18.2 Å². The number of amides is 3. The molecule has 0 fully saturated rings. The van der Waals surface area contributed by atoms with Gasteiger partial charge in [0.05, 0.1) is 10.6 Å². The Morgan fingerprint density at radius 2 is 2.05 bits per heavy atom. The summed E-state index contributed by atoms with van der Waals surface area (Å²) < 4.78 is 5.08. The van der Waals surface area contributed by atoms with Crippen LogP contribution in [0.15, 0.2) is 18.2 Å². The van der Waals surface area contributed by atoms with Crippen LogP contribution >= 0.6 is 11.6 Å². The Balaban J connectivity index is 2.58. The van der Waals surface area contributed by atoms with Crippen molar-refractivity contribution in [1.29, 1.82) is 0 Å². The summed E-state index contributed by atoms with van der Waals surface area (Å²) >= 11 is 5.69. The first-order chi connectivity index (χ1) is 9.43. The maximum Gasteiger partial charge on any atom is 0.337 e. The number of carbonyl (C=O) groups is 3. The first-order valence-electron chi connectivity index (χ1n) is 5.67. The van der Waals surface area contributed by atoms with E-state index in [1.54, 1.807) is 6.92 Å². The molecule has 8 heteroatoms. The average molecular weight is 301 g/mol. The van der Waals surface area contributed by atoms with Crippen LogP contribution in [0.1, 0.15) is 17.3 Å². The van der Waals surface area contributed by atoms with Crippen LogP contribution in [0.2, 0.25) is 5.02 Å². The molecule has 0 unspecified atom stereocenters. The van der Waals surface area contributed by atoms with Gasteiger partial charge in [0.25, 0.3) is 5.91 Å². The Morgan fingerprint density at radius 1 is 1.35 bits per heavy atom. The molecule has 3 N–H and O–H groups in total. The fourth-order valence-corrected chi connectivity index (χ4v) is 1.47. The summed E-state index contributed by atoms with van der Waals surface area (Å²) in [6.07, 6.45) is 0. The molecule has 0 bridgehead atoms. The number of hydrogen-bond donors (Lipinski definition) is 3. The van der Waals surface area contributed by atoms with Crippen molar-refractivity contribution >= 4 is 29.5 Å². The van der Waals surface area contributed by atoms with Gasteiger partial charge in [-0.3, -0.25) is 10.1 Å². The number of ether oxygens (including phenoxy) is 1. The number of imide groups is 1. The third kappa shape index (κ3) is 4.77. The summed E-state index contributed by atoms with van der Waals surface area (Å²) in [6.45, 7) is 1.68. The lowest BCUT2D eigenvalue weighted by Crippen LogP contribution is -2.41. The maximum absolute atomic E-state index is 11.3. The normalized spacial score (nSPS) is 9.70. The standard InChI is InChI=1S/C12H13ClN2O5/c1-2-14-12(19)15-10(16)6-20-7-3-4-9(13)8(5-7)11(17)18/h3-5H,2,6H2,1H3,(H,17,18)(H2,14,15,16,19). The lowest BCUT2D eigenvalue weighted by atomic mass is 10.2. The van der Waals surface area contributed by atoms with Gasteiger partial charge in [0, 0.05) is 6.54 Å². The summed E-state index contributed by atoms with van der Waals surface area (Å²) in [5.74, 6) is -1.69. The minimum absolute atomic E-state index is 0.0663. The number of benzene rings is 1. The van der Waals surface area contributed by atoms with Crippen molar-refractivity contribution in [2.45, 2.75) is 6.92 Å². The Kier molecular flexibility index (Phi) is 5.79. The van der Waals surface area contributed by atoms with Crippen LogP contribution in [0.25, 0.3) is 0 Å². The van der Waals surface area contributed by atoms with E-state index < -0.39 is 24.5 Å². The van der Waals surface area contributed by atoms with E-state index in [4.69, 9.17) is 21.4 Å². The number of rotatable bonds is 5. The molecule has 0 aliphatic heterocycles. The van der Waals surface area contributed by atoms with Crippen LogP contribution in [0, 0.1) is 0 Å². The zero-order chi connectivity index (χ0) is 15.1. The van der Waals surface area contributed by atoms with E-state index >= 15 is 0 Å². The number of hydrogen-bond acceptors (Lipinski definition) is 4. The highest BCUT2D eigenvalue weighted by Gasteiger charge is 2.11. The highest BCUT2D eigenvalue weighted by Crippen LogP contribution is 2.21. The SMILES string of the molecule is CCNC(=O)NC(=O)COc1ccc(Cl)c(C(=O)O)c1. The molecule has 0 spiro atoms. The van der Waals surface area contributed by atoms with Crippen LogP contribution in [-0.4, -0.2) is 36.2 Å². The Morgan fingerprint density at radius 3 is 2.65 bits per heavy atom. The van der Waals surface area contributed by atoms with Crippen LogP contribution in [0.5, 0.6) is 5.75 Å². The molecule has 1 aromatic carbocycles. The number of halogens is 1. The van der Waals surface area contributed by atoms with Gasteiger partial charge in [-0.1, -0.05) is 11.6 Å². The van der Waals surface area contributed by atoms with Crippen LogP contribution < -0.4 is 15.4 Å². The molecular weight excluding hydrogens is 288 g/mol. The molecule has 108 valence electrons. The number of carbonyl (C=O) groups excluding carboxylic acids is 2. The van der Waals surface area contributed by atoms with Gasteiger partial charge in [0.2, 0.25) is 0 Å². The van der Waals surface area contributed by atoms with E-state index in [9.17, 15) is 14.4 Å². The van der Waals surface area contributed by atoms with Gasteiger partial charge < -0.3 is 15.2 Å². The molecule has 1 aromatic rings. The van der Waals surface area contributed by atoms with Crippen LogP contribution in [0.4, 0.5) is 4.79 Å². The zero-order valence-corrected chi connectivity index (χ0v) is 11.4. The summed E-state index contributed by atoms with van der Waals surface area (Å²) in [7, 11) is 0. The zero-order valence-electron chi connectivity index (χ0n) is 10.6. The molecule has 1 rings (SSSR count). The maximum atomic E-state index is 11.3. The molecule has 7 nitrogen and oxygen atoms in total. The third-order valence-corrected chi connectivity index (χ3v) is 2.46. The predicted octanol–water partition coefficient (Wildman–Crippen LogP) is 1.26. The number of carboxylic acid groups (broad SMARTS) is 1. The van der Waals surface area contributed by atoms with Gasteiger partial charge in [-0.25, -0.2) is 9.59 Å². The van der Waals surface area contributed by atoms with Gasteiger partial charge in [0.1, 0.15) is 5.75 Å². The first kappa shape index (κ1) is 15.8. The van der Waals surface area contributed by atoms with Gasteiger partial charge in [-0.15, -0.1) is 0 Å². The quantitative estimate of drug-likeness (QED) is 0.759. The fraction of sp³-hybridized carbons (Fsp3) is 0.250. The lowest BCUT2D eigenvalue weighted by molar-refractivity contribution is -0.122. The molecule has 0 aliphatic carbocycles. The minimum atomic E-state index is -1.20. The van der Waals surface area contributed by atoms with Crippen LogP contribution in [0.3, 0.4) is 0 Å². The molecule has 0 heterocycles. The van der Waals surface area contributed by atoms with Gasteiger partial charge >= 0.3 is 12.0 Å². The van der Waals surface area contributed by atoms with Gasteiger partial charge in [-0.05, 0) is 25.1 Å². The van der Waals surface area contributed by atoms with Crippen molar-refractivity contribution in [3.8, 4) is 5.75 Å². The second-order valence-electron chi connectivity index (χ2n) is 3.64. The second-order valence-corrected chi connectivity index (χ2v) is 4.05. The van der Waals surface area contributed by atoms with Crippen LogP contribution in [-0.2, 0) is 4.79 Å². The van der Waals surface area contributed by atoms with E-state index in [0.717, 1.165) is 0 Å². The van der Waals surface area contributed by atoms with E-state index in [1.807, 2.05) is 5.32 Å².